The second kappa shape index (κ2) is 6.41. The molecule has 17 heavy (non-hydrogen) atoms. The van der Waals surface area contributed by atoms with Gasteiger partial charge in [-0.05, 0) is 13.3 Å². The molecule has 0 saturated carbocycles. The van der Waals surface area contributed by atoms with E-state index in [9.17, 15) is 14.9 Å². The molecule has 0 aromatic carbocycles. The third-order valence-electron chi connectivity index (χ3n) is 2.00. The number of nitro groups is 1. The van der Waals surface area contributed by atoms with Crippen molar-refractivity contribution >= 4 is 11.6 Å². The molecule has 0 aliphatic rings. The van der Waals surface area contributed by atoms with Crippen molar-refractivity contribution < 1.29 is 9.72 Å². The molecule has 0 unspecified atom stereocenters. The molecule has 7 heteroatoms. The van der Waals surface area contributed by atoms with Gasteiger partial charge in [-0.3, -0.25) is 19.6 Å². The Kier molecular flexibility index (Phi) is 4.86. The van der Waals surface area contributed by atoms with Gasteiger partial charge >= 0.3 is 5.69 Å². The van der Waals surface area contributed by atoms with Crippen molar-refractivity contribution in [3.63, 3.8) is 0 Å². The molecule has 1 rings (SSSR count). The maximum Gasteiger partial charge on any atom is 0.307 e. The monoisotopic (exact) mass is 238 g/mol. The predicted molar refractivity (Wildman–Crippen MR) is 61.3 cm³/mol. The van der Waals surface area contributed by atoms with Gasteiger partial charge in [-0.1, -0.05) is 12.2 Å². The highest BCUT2D eigenvalue weighted by molar-refractivity contribution is 5.75. The lowest BCUT2D eigenvalue weighted by atomic mass is 10.4. The van der Waals surface area contributed by atoms with Gasteiger partial charge in [0.25, 0.3) is 0 Å². The minimum Gasteiger partial charge on any atom is -0.354 e. The Balaban J connectivity index is 2.37. The number of nitrogens with zero attached hydrogens (tertiary/aromatic N) is 3. The van der Waals surface area contributed by atoms with Crippen molar-refractivity contribution in [2.75, 3.05) is 6.54 Å². The van der Waals surface area contributed by atoms with Crippen molar-refractivity contribution in [2.24, 2.45) is 0 Å². The molecule has 7 nitrogen and oxygen atoms in total. The van der Waals surface area contributed by atoms with E-state index >= 15 is 0 Å². The van der Waals surface area contributed by atoms with Crippen LogP contribution in [0.3, 0.4) is 0 Å². The van der Waals surface area contributed by atoms with Crippen LogP contribution in [-0.2, 0) is 11.3 Å². The van der Waals surface area contributed by atoms with Gasteiger partial charge in [-0.15, -0.1) is 0 Å². The van der Waals surface area contributed by atoms with Gasteiger partial charge in [-0.25, -0.2) is 0 Å². The molecular weight excluding hydrogens is 224 g/mol. The van der Waals surface area contributed by atoms with Gasteiger partial charge in [-0.2, -0.15) is 5.10 Å². The lowest BCUT2D eigenvalue weighted by Gasteiger charge is -2.02. The molecule has 0 bridgehead atoms. The molecule has 0 fully saturated rings. The molecule has 0 spiro atoms. The van der Waals surface area contributed by atoms with Crippen molar-refractivity contribution in [3.8, 4) is 0 Å². The summed E-state index contributed by atoms with van der Waals surface area (Å²) in [7, 11) is 0. The molecule has 0 radical (unpaired) electrons. The van der Waals surface area contributed by atoms with Crippen LogP contribution in [0.4, 0.5) is 5.69 Å². The molecule has 0 aliphatic carbocycles. The van der Waals surface area contributed by atoms with Gasteiger partial charge in [0, 0.05) is 6.54 Å². The van der Waals surface area contributed by atoms with Crippen LogP contribution in [0.15, 0.2) is 24.5 Å². The van der Waals surface area contributed by atoms with Gasteiger partial charge < -0.3 is 5.32 Å². The minimum atomic E-state index is -0.548. The van der Waals surface area contributed by atoms with Crippen LogP contribution < -0.4 is 5.32 Å². The number of aromatic nitrogens is 2. The van der Waals surface area contributed by atoms with E-state index in [1.54, 1.807) is 0 Å². The summed E-state index contributed by atoms with van der Waals surface area (Å²) in [6.45, 7) is 2.45. The number of hydrogen-bond donors (Lipinski definition) is 1. The molecule has 1 heterocycles. The zero-order valence-corrected chi connectivity index (χ0v) is 9.50. The number of nitrogens with one attached hydrogen (secondary N) is 1. The average Bonchev–Trinajstić information content (AvgIpc) is 2.73. The molecular formula is C10H14N4O3. The van der Waals surface area contributed by atoms with E-state index in [4.69, 9.17) is 0 Å². The average molecular weight is 238 g/mol. The largest absolute Gasteiger partial charge is 0.354 e. The standard InChI is InChI=1S/C10H14N4O3/c1-2-3-4-5-11-10(15)8-13-7-9(6-12-13)14(16)17/h2-3,6-7H,4-5,8H2,1H3,(H,11,15)/b3-2+. The van der Waals surface area contributed by atoms with E-state index < -0.39 is 4.92 Å². The Bertz CT molecular complexity index is 425. The second-order valence-corrected chi connectivity index (χ2v) is 3.36. The molecule has 1 aromatic heterocycles. The molecule has 92 valence electrons. The van der Waals surface area contributed by atoms with Crippen LogP contribution in [-0.4, -0.2) is 27.2 Å². The SMILES string of the molecule is C/C=C/CCNC(=O)Cn1cc([N+](=O)[O-])cn1. The number of hydrogen-bond acceptors (Lipinski definition) is 4. The van der Waals surface area contributed by atoms with E-state index in [1.165, 1.54) is 10.9 Å². The highest BCUT2D eigenvalue weighted by atomic mass is 16.6. The fourth-order valence-corrected chi connectivity index (χ4v) is 1.20. The molecule has 0 aliphatic heterocycles. The summed E-state index contributed by atoms with van der Waals surface area (Å²) < 4.78 is 1.24. The summed E-state index contributed by atoms with van der Waals surface area (Å²) in [4.78, 5) is 21.2. The van der Waals surface area contributed by atoms with E-state index in [0.717, 1.165) is 12.6 Å². The van der Waals surface area contributed by atoms with Crippen LogP contribution >= 0.6 is 0 Å². The molecule has 0 atom stereocenters. The number of rotatable bonds is 6. The van der Waals surface area contributed by atoms with Crippen molar-refractivity contribution in [3.05, 3.63) is 34.7 Å². The topological polar surface area (TPSA) is 90.1 Å². The number of allylic oxidation sites excluding steroid dienone is 1. The Morgan fingerprint density at radius 2 is 2.47 bits per heavy atom. The third kappa shape index (κ3) is 4.45. The van der Waals surface area contributed by atoms with Crippen LogP contribution in [0.1, 0.15) is 13.3 Å². The fraction of sp³-hybridized carbons (Fsp3) is 0.400. The minimum absolute atomic E-state index is 0.0102. The summed E-state index contributed by atoms with van der Waals surface area (Å²) in [6, 6.07) is 0. The Labute approximate surface area is 98.3 Å². The highest BCUT2D eigenvalue weighted by Gasteiger charge is 2.10. The maximum atomic E-state index is 11.4. The summed E-state index contributed by atoms with van der Waals surface area (Å²) in [5.74, 6) is -0.215. The van der Waals surface area contributed by atoms with Crippen LogP contribution in [0, 0.1) is 10.1 Å². The number of amides is 1. The number of carbonyl (C=O) groups is 1. The smallest absolute Gasteiger partial charge is 0.307 e. The van der Waals surface area contributed by atoms with Crippen molar-refractivity contribution in [1.29, 1.82) is 0 Å². The zero-order chi connectivity index (χ0) is 12.7. The summed E-state index contributed by atoms with van der Waals surface area (Å²) in [5, 5.41) is 16.8. The van der Waals surface area contributed by atoms with E-state index in [-0.39, 0.29) is 18.1 Å². The van der Waals surface area contributed by atoms with Gasteiger partial charge in [0.1, 0.15) is 18.9 Å². The first kappa shape index (κ1) is 12.9. The molecule has 1 amide bonds. The van der Waals surface area contributed by atoms with Crippen LogP contribution in [0.5, 0.6) is 0 Å². The fourth-order valence-electron chi connectivity index (χ4n) is 1.20. The highest BCUT2D eigenvalue weighted by Crippen LogP contribution is 2.07. The number of carbonyl (C=O) groups excluding carboxylic acids is 1. The summed E-state index contributed by atoms with van der Waals surface area (Å²) in [5.41, 5.74) is -0.119. The van der Waals surface area contributed by atoms with Crippen molar-refractivity contribution in [2.45, 2.75) is 19.9 Å². The summed E-state index contributed by atoms with van der Waals surface area (Å²) >= 11 is 0. The summed E-state index contributed by atoms with van der Waals surface area (Å²) in [6.07, 6.45) is 6.96. The Hall–Kier alpha value is -2.18. The molecule has 0 saturated heterocycles. The molecule has 1 N–H and O–H groups in total. The predicted octanol–water partition coefficient (Wildman–Crippen LogP) is 0.874. The third-order valence-corrected chi connectivity index (χ3v) is 2.00. The first-order chi connectivity index (χ1) is 8.13. The van der Waals surface area contributed by atoms with E-state index in [2.05, 4.69) is 10.4 Å². The van der Waals surface area contributed by atoms with Crippen LogP contribution in [0.25, 0.3) is 0 Å². The van der Waals surface area contributed by atoms with E-state index in [1.807, 2.05) is 19.1 Å². The lowest BCUT2D eigenvalue weighted by molar-refractivity contribution is -0.385. The van der Waals surface area contributed by atoms with Gasteiger partial charge in [0.2, 0.25) is 5.91 Å². The molecule has 1 aromatic rings. The normalized spacial score (nSPS) is 10.6. The quantitative estimate of drug-likeness (QED) is 0.344. The lowest BCUT2D eigenvalue weighted by Crippen LogP contribution is -2.28. The van der Waals surface area contributed by atoms with E-state index in [0.29, 0.717) is 6.54 Å². The first-order valence-electron chi connectivity index (χ1n) is 5.18. The Morgan fingerprint density at radius 1 is 1.71 bits per heavy atom. The van der Waals surface area contributed by atoms with Gasteiger partial charge in [0.15, 0.2) is 0 Å². The Morgan fingerprint density at radius 3 is 3.06 bits per heavy atom. The maximum absolute atomic E-state index is 11.4. The van der Waals surface area contributed by atoms with Crippen LogP contribution in [0.2, 0.25) is 0 Å². The van der Waals surface area contributed by atoms with Gasteiger partial charge in [0.05, 0.1) is 4.92 Å². The first-order valence-corrected chi connectivity index (χ1v) is 5.18. The van der Waals surface area contributed by atoms with Crippen molar-refractivity contribution in [1.82, 2.24) is 15.1 Å². The zero-order valence-electron chi connectivity index (χ0n) is 9.50. The second-order valence-electron chi connectivity index (χ2n) is 3.36.